The van der Waals surface area contributed by atoms with Crippen LogP contribution in [0.1, 0.15) is 31.2 Å². The van der Waals surface area contributed by atoms with Crippen LogP contribution < -0.4 is 0 Å². The predicted molar refractivity (Wildman–Crippen MR) is 70.7 cm³/mol. The zero-order chi connectivity index (χ0) is 12.1. The third kappa shape index (κ3) is 3.83. The first kappa shape index (κ1) is 12.6. The van der Waals surface area contributed by atoms with Gasteiger partial charge in [0, 0.05) is 6.54 Å². The van der Waals surface area contributed by atoms with Gasteiger partial charge in [0.05, 0.1) is 6.10 Å². The summed E-state index contributed by atoms with van der Waals surface area (Å²) >= 11 is 0. The smallest absolute Gasteiger partial charge is 0.0568 e. The fourth-order valence-corrected chi connectivity index (χ4v) is 2.71. The van der Waals surface area contributed by atoms with Crippen molar-refractivity contribution < 1.29 is 5.11 Å². The lowest BCUT2D eigenvalue weighted by atomic mass is 10.0. The molecule has 1 aliphatic rings. The molecule has 2 rings (SSSR count). The Balaban J connectivity index is 1.72. The highest BCUT2D eigenvalue weighted by molar-refractivity contribution is 5.14. The van der Waals surface area contributed by atoms with Gasteiger partial charge >= 0.3 is 0 Å². The van der Waals surface area contributed by atoms with Crippen LogP contribution in [-0.2, 0) is 6.54 Å². The van der Waals surface area contributed by atoms with Crippen LogP contribution in [0, 0.1) is 5.92 Å². The number of benzene rings is 1. The van der Waals surface area contributed by atoms with E-state index in [2.05, 4.69) is 42.3 Å². The van der Waals surface area contributed by atoms with Gasteiger partial charge in [-0.05, 0) is 44.3 Å². The highest BCUT2D eigenvalue weighted by Crippen LogP contribution is 2.28. The summed E-state index contributed by atoms with van der Waals surface area (Å²) < 4.78 is 0. The van der Waals surface area contributed by atoms with Gasteiger partial charge in [-0.1, -0.05) is 36.8 Å². The van der Waals surface area contributed by atoms with Gasteiger partial charge in [0.15, 0.2) is 0 Å². The number of aliphatic hydroxyl groups is 1. The second kappa shape index (κ2) is 6.18. The molecule has 0 aromatic heterocycles. The molecule has 0 radical (unpaired) electrons. The van der Waals surface area contributed by atoms with E-state index < -0.39 is 0 Å². The summed E-state index contributed by atoms with van der Waals surface area (Å²) in [5.74, 6) is 0.535. The van der Waals surface area contributed by atoms with E-state index in [1.165, 1.54) is 18.4 Å². The molecule has 2 atom stereocenters. The molecule has 17 heavy (non-hydrogen) atoms. The standard InChI is InChI=1S/C15H23NO/c1-16(12-13-6-3-2-4-7-13)11-10-14-8-5-9-15(14)17/h2-4,6-7,14-15,17H,5,8-12H2,1H3. The summed E-state index contributed by atoms with van der Waals surface area (Å²) in [6.07, 6.45) is 4.51. The Kier molecular flexibility index (Phi) is 4.57. The van der Waals surface area contributed by atoms with Crippen LogP contribution in [0.15, 0.2) is 30.3 Å². The predicted octanol–water partition coefficient (Wildman–Crippen LogP) is 2.67. The molecule has 0 saturated heterocycles. The van der Waals surface area contributed by atoms with Crippen LogP contribution in [0.5, 0.6) is 0 Å². The summed E-state index contributed by atoms with van der Waals surface area (Å²) in [6, 6.07) is 10.6. The minimum atomic E-state index is -0.0416. The minimum Gasteiger partial charge on any atom is -0.393 e. The molecule has 1 fully saturated rings. The lowest BCUT2D eigenvalue weighted by Crippen LogP contribution is -2.24. The molecule has 2 unspecified atom stereocenters. The molecule has 1 aromatic rings. The van der Waals surface area contributed by atoms with E-state index in [1.807, 2.05) is 0 Å². The van der Waals surface area contributed by atoms with Gasteiger partial charge in [0.1, 0.15) is 0 Å². The highest BCUT2D eigenvalue weighted by Gasteiger charge is 2.24. The van der Waals surface area contributed by atoms with Crippen molar-refractivity contribution in [3.8, 4) is 0 Å². The van der Waals surface area contributed by atoms with Crippen molar-refractivity contribution in [3.63, 3.8) is 0 Å². The molecule has 1 aliphatic carbocycles. The van der Waals surface area contributed by atoms with E-state index in [1.54, 1.807) is 0 Å². The fraction of sp³-hybridized carbons (Fsp3) is 0.600. The Morgan fingerprint density at radius 1 is 1.24 bits per heavy atom. The largest absolute Gasteiger partial charge is 0.393 e. The molecule has 0 heterocycles. The topological polar surface area (TPSA) is 23.5 Å². The Morgan fingerprint density at radius 3 is 2.65 bits per heavy atom. The van der Waals surface area contributed by atoms with Gasteiger partial charge in [0.25, 0.3) is 0 Å². The molecule has 1 saturated carbocycles. The maximum Gasteiger partial charge on any atom is 0.0568 e. The van der Waals surface area contributed by atoms with Gasteiger partial charge in [-0.3, -0.25) is 0 Å². The number of nitrogens with zero attached hydrogens (tertiary/aromatic N) is 1. The Hall–Kier alpha value is -0.860. The Morgan fingerprint density at radius 2 is 2.00 bits per heavy atom. The van der Waals surface area contributed by atoms with Gasteiger partial charge in [-0.15, -0.1) is 0 Å². The molecule has 0 spiro atoms. The monoisotopic (exact) mass is 233 g/mol. The van der Waals surface area contributed by atoms with Crippen molar-refractivity contribution in [2.45, 2.75) is 38.3 Å². The molecule has 2 nitrogen and oxygen atoms in total. The quantitative estimate of drug-likeness (QED) is 0.845. The molecule has 0 bridgehead atoms. The van der Waals surface area contributed by atoms with Crippen molar-refractivity contribution in [1.82, 2.24) is 4.90 Å². The Labute approximate surface area is 104 Å². The van der Waals surface area contributed by atoms with Crippen molar-refractivity contribution >= 4 is 0 Å². The summed E-state index contributed by atoms with van der Waals surface area (Å²) in [4.78, 5) is 2.35. The SMILES string of the molecule is CN(CCC1CCCC1O)Cc1ccccc1. The zero-order valence-electron chi connectivity index (χ0n) is 10.7. The summed E-state index contributed by atoms with van der Waals surface area (Å²) in [5.41, 5.74) is 1.36. The van der Waals surface area contributed by atoms with Crippen molar-refractivity contribution in [2.75, 3.05) is 13.6 Å². The number of hydrogen-bond donors (Lipinski definition) is 1. The van der Waals surface area contributed by atoms with Crippen LogP contribution in [0.4, 0.5) is 0 Å². The first-order chi connectivity index (χ1) is 8.25. The van der Waals surface area contributed by atoms with Crippen LogP contribution in [0.3, 0.4) is 0 Å². The molecule has 0 aliphatic heterocycles. The van der Waals surface area contributed by atoms with Crippen molar-refractivity contribution in [3.05, 3.63) is 35.9 Å². The van der Waals surface area contributed by atoms with E-state index in [9.17, 15) is 5.11 Å². The molecular formula is C15H23NO. The van der Waals surface area contributed by atoms with E-state index in [0.29, 0.717) is 5.92 Å². The van der Waals surface area contributed by atoms with E-state index in [0.717, 1.165) is 25.9 Å². The van der Waals surface area contributed by atoms with E-state index in [-0.39, 0.29) is 6.10 Å². The van der Waals surface area contributed by atoms with Crippen LogP contribution in [0.2, 0.25) is 0 Å². The Bertz CT molecular complexity index is 325. The number of rotatable bonds is 5. The second-order valence-electron chi connectivity index (χ2n) is 5.27. The molecular weight excluding hydrogens is 210 g/mol. The number of aliphatic hydroxyl groups excluding tert-OH is 1. The van der Waals surface area contributed by atoms with Crippen molar-refractivity contribution in [2.24, 2.45) is 5.92 Å². The first-order valence-corrected chi connectivity index (χ1v) is 6.66. The van der Waals surface area contributed by atoms with Crippen LogP contribution in [-0.4, -0.2) is 29.7 Å². The minimum absolute atomic E-state index is 0.0416. The molecule has 1 aromatic carbocycles. The summed E-state index contributed by atoms with van der Waals surface area (Å²) in [5, 5.41) is 9.77. The van der Waals surface area contributed by atoms with E-state index in [4.69, 9.17) is 0 Å². The molecule has 2 heteroatoms. The summed E-state index contributed by atoms with van der Waals surface area (Å²) in [7, 11) is 2.16. The van der Waals surface area contributed by atoms with E-state index >= 15 is 0 Å². The molecule has 0 amide bonds. The van der Waals surface area contributed by atoms with Gasteiger partial charge in [-0.25, -0.2) is 0 Å². The van der Waals surface area contributed by atoms with Gasteiger partial charge in [0.2, 0.25) is 0 Å². The van der Waals surface area contributed by atoms with Gasteiger partial charge < -0.3 is 10.0 Å². The molecule has 94 valence electrons. The zero-order valence-corrected chi connectivity index (χ0v) is 10.7. The third-order valence-electron chi connectivity index (χ3n) is 3.80. The van der Waals surface area contributed by atoms with Crippen molar-refractivity contribution in [1.29, 1.82) is 0 Å². The van der Waals surface area contributed by atoms with Crippen LogP contribution in [0.25, 0.3) is 0 Å². The third-order valence-corrected chi connectivity index (χ3v) is 3.80. The average molecular weight is 233 g/mol. The second-order valence-corrected chi connectivity index (χ2v) is 5.27. The lowest BCUT2D eigenvalue weighted by molar-refractivity contribution is 0.120. The maximum absolute atomic E-state index is 9.77. The molecule has 1 N–H and O–H groups in total. The fourth-order valence-electron chi connectivity index (χ4n) is 2.71. The number of hydrogen-bond acceptors (Lipinski definition) is 2. The highest BCUT2D eigenvalue weighted by atomic mass is 16.3. The first-order valence-electron chi connectivity index (χ1n) is 6.66. The maximum atomic E-state index is 9.77. The summed E-state index contributed by atoms with van der Waals surface area (Å²) in [6.45, 7) is 2.08. The normalized spacial score (nSPS) is 24.4. The van der Waals surface area contributed by atoms with Crippen LogP contribution >= 0.6 is 0 Å². The average Bonchev–Trinajstić information content (AvgIpc) is 2.74. The van der Waals surface area contributed by atoms with Gasteiger partial charge in [-0.2, -0.15) is 0 Å². The lowest BCUT2D eigenvalue weighted by Gasteiger charge is -2.20.